The van der Waals surface area contributed by atoms with E-state index < -0.39 is 0 Å². The molecular weight excluding hydrogens is 405 g/mol. The molecule has 0 saturated carbocycles. The number of halogens is 1. The van der Waals surface area contributed by atoms with E-state index >= 15 is 0 Å². The van der Waals surface area contributed by atoms with Crippen molar-refractivity contribution in [2.24, 2.45) is 10.9 Å². The number of guanidine groups is 1. The first-order chi connectivity index (χ1) is 10.8. The molecule has 0 saturated heterocycles. The van der Waals surface area contributed by atoms with Gasteiger partial charge in [0.15, 0.2) is 5.96 Å². The van der Waals surface area contributed by atoms with Gasteiger partial charge < -0.3 is 10.6 Å². The maximum atomic E-state index is 4.24. The van der Waals surface area contributed by atoms with E-state index in [1.165, 1.54) is 0 Å². The van der Waals surface area contributed by atoms with Crippen LogP contribution < -0.4 is 10.6 Å². The minimum Gasteiger partial charge on any atom is -0.356 e. The van der Waals surface area contributed by atoms with E-state index in [0.29, 0.717) is 5.92 Å². The number of aliphatic imine (C=N–C) groups is 1. The van der Waals surface area contributed by atoms with Gasteiger partial charge in [0.05, 0.1) is 0 Å². The van der Waals surface area contributed by atoms with Crippen molar-refractivity contribution in [3.8, 4) is 0 Å². The summed E-state index contributed by atoms with van der Waals surface area (Å²) in [6, 6.07) is 3.88. The summed E-state index contributed by atoms with van der Waals surface area (Å²) in [5.74, 6) is 1.32. The van der Waals surface area contributed by atoms with Crippen molar-refractivity contribution in [2.75, 3.05) is 20.1 Å². The number of nitrogens with zero attached hydrogens (tertiary/aromatic N) is 5. The van der Waals surface area contributed by atoms with Gasteiger partial charge in [0.1, 0.15) is 0 Å². The Morgan fingerprint density at radius 2 is 1.83 bits per heavy atom. The molecule has 2 aromatic rings. The van der Waals surface area contributed by atoms with Gasteiger partial charge in [0.25, 0.3) is 0 Å². The van der Waals surface area contributed by atoms with Crippen molar-refractivity contribution in [1.29, 1.82) is 0 Å². The molecule has 2 heterocycles. The molecule has 0 radical (unpaired) electrons. The maximum Gasteiger partial charge on any atom is 0.190 e. The van der Waals surface area contributed by atoms with Gasteiger partial charge in [-0.3, -0.25) is 14.4 Å². The zero-order valence-corrected chi connectivity index (χ0v) is 16.1. The van der Waals surface area contributed by atoms with Crippen LogP contribution in [0.2, 0.25) is 0 Å². The van der Waals surface area contributed by atoms with Gasteiger partial charge in [-0.25, -0.2) is 0 Å². The van der Waals surface area contributed by atoms with Crippen molar-refractivity contribution in [1.82, 2.24) is 30.2 Å². The fraction of sp³-hybridized carbons (Fsp3) is 0.533. The summed E-state index contributed by atoms with van der Waals surface area (Å²) in [6.45, 7) is 5.73. The summed E-state index contributed by atoms with van der Waals surface area (Å²) < 4.78 is 3.89. The molecule has 0 aliphatic heterocycles. The summed E-state index contributed by atoms with van der Waals surface area (Å²) >= 11 is 0. The Balaban J connectivity index is 0.00000264. The molecule has 0 spiro atoms. The summed E-state index contributed by atoms with van der Waals surface area (Å²) in [5.41, 5.74) is 0. The Morgan fingerprint density at radius 1 is 1.13 bits per heavy atom. The fourth-order valence-corrected chi connectivity index (χ4v) is 2.16. The molecule has 0 aliphatic carbocycles. The second-order valence-corrected chi connectivity index (χ2v) is 5.34. The van der Waals surface area contributed by atoms with Crippen LogP contribution >= 0.6 is 24.0 Å². The predicted molar refractivity (Wildman–Crippen MR) is 103 cm³/mol. The van der Waals surface area contributed by atoms with E-state index in [2.05, 4.69) is 32.7 Å². The lowest BCUT2D eigenvalue weighted by Crippen LogP contribution is -2.40. The number of nitrogens with one attached hydrogen (secondary N) is 2. The molecule has 0 aliphatic rings. The lowest BCUT2D eigenvalue weighted by Gasteiger charge is -2.16. The third-order valence-corrected chi connectivity index (χ3v) is 3.32. The van der Waals surface area contributed by atoms with E-state index in [1.54, 1.807) is 19.4 Å². The average Bonchev–Trinajstić information content (AvgIpc) is 3.20. The third-order valence-electron chi connectivity index (χ3n) is 3.32. The van der Waals surface area contributed by atoms with Gasteiger partial charge in [0.2, 0.25) is 0 Å². The highest BCUT2D eigenvalue weighted by molar-refractivity contribution is 14.0. The lowest BCUT2D eigenvalue weighted by atomic mass is 10.2. The molecule has 23 heavy (non-hydrogen) atoms. The first-order valence-corrected chi connectivity index (χ1v) is 7.67. The normalized spacial score (nSPS) is 12.5. The van der Waals surface area contributed by atoms with Crippen molar-refractivity contribution in [2.45, 2.75) is 26.4 Å². The van der Waals surface area contributed by atoms with Crippen LogP contribution in [-0.2, 0) is 13.1 Å². The van der Waals surface area contributed by atoms with Gasteiger partial charge in [-0.2, -0.15) is 10.2 Å². The summed E-state index contributed by atoms with van der Waals surface area (Å²) in [5, 5.41) is 15.1. The Hall–Kier alpha value is -1.58. The maximum absolute atomic E-state index is 4.24. The molecule has 2 N–H and O–H groups in total. The minimum atomic E-state index is 0. The monoisotopic (exact) mass is 431 g/mol. The van der Waals surface area contributed by atoms with Gasteiger partial charge >= 0.3 is 0 Å². The van der Waals surface area contributed by atoms with E-state index in [9.17, 15) is 0 Å². The molecule has 0 amide bonds. The van der Waals surface area contributed by atoms with Gasteiger partial charge in [-0.1, -0.05) is 6.92 Å². The molecule has 8 heteroatoms. The van der Waals surface area contributed by atoms with Crippen LogP contribution in [-0.4, -0.2) is 45.7 Å². The van der Waals surface area contributed by atoms with E-state index in [-0.39, 0.29) is 24.0 Å². The highest BCUT2D eigenvalue weighted by atomic mass is 127. The Morgan fingerprint density at radius 3 is 2.43 bits per heavy atom. The van der Waals surface area contributed by atoms with E-state index in [0.717, 1.165) is 38.6 Å². The van der Waals surface area contributed by atoms with E-state index in [1.807, 2.05) is 33.9 Å². The Labute approximate surface area is 154 Å². The SMILES string of the molecule is CN=C(NCCCn1cccn1)NCC(C)Cn1cccn1.I. The van der Waals surface area contributed by atoms with Crippen LogP contribution in [0.4, 0.5) is 0 Å². The van der Waals surface area contributed by atoms with Crippen molar-refractivity contribution in [3.05, 3.63) is 36.9 Å². The van der Waals surface area contributed by atoms with Crippen LogP contribution in [0.3, 0.4) is 0 Å². The minimum absolute atomic E-state index is 0. The molecule has 2 aromatic heterocycles. The van der Waals surface area contributed by atoms with Gasteiger partial charge in [-0.15, -0.1) is 24.0 Å². The first-order valence-electron chi connectivity index (χ1n) is 7.67. The standard InChI is InChI=1S/C15H25N7.HI/c1-14(13-22-11-5-8-20-22)12-18-15(16-2)17-6-3-9-21-10-4-7-19-21;/h4-5,7-8,10-11,14H,3,6,9,12-13H2,1-2H3,(H2,16,17,18);1H. The number of aryl methyl sites for hydroxylation is 1. The van der Waals surface area contributed by atoms with Crippen molar-refractivity contribution < 1.29 is 0 Å². The molecule has 0 bridgehead atoms. The third kappa shape index (κ3) is 7.49. The summed E-state index contributed by atoms with van der Waals surface area (Å²) in [6.07, 6.45) is 8.57. The molecule has 7 nitrogen and oxygen atoms in total. The molecule has 0 aromatic carbocycles. The second-order valence-electron chi connectivity index (χ2n) is 5.34. The summed E-state index contributed by atoms with van der Waals surface area (Å²) in [4.78, 5) is 4.24. The van der Waals surface area contributed by atoms with Crippen LogP contribution in [0, 0.1) is 5.92 Å². The Bertz CT molecular complexity index is 536. The number of rotatable bonds is 8. The largest absolute Gasteiger partial charge is 0.356 e. The number of aromatic nitrogens is 4. The van der Waals surface area contributed by atoms with Gasteiger partial charge in [-0.05, 0) is 24.5 Å². The smallest absolute Gasteiger partial charge is 0.190 e. The highest BCUT2D eigenvalue weighted by Gasteiger charge is 2.05. The molecule has 0 fully saturated rings. The van der Waals surface area contributed by atoms with Crippen LogP contribution in [0.1, 0.15) is 13.3 Å². The zero-order chi connectivity index (χ0) is 15.6. The van der Waals surface area contributed by atoms with Crippen LogP contribution in [0.25, 0.3) is 0 Å². The molecule has 2 rings (SSSR count). The lowest BCUT2D eigenvalue weighted by molar-refractivity contribution is 0.443. The highest BCUT2D eigenvalue weighted by Crippen LogP contribution is 1.97. The molecule has 128 valence electrons. The molecular formula is C15H26IN7. The topological polar surface area (TPSA) is 72.1 Å². The average molecular weight is 431 g/mol. The second kappa shape index (κ2) is 11.0. The predicted octanol–water partition coefficient (Wildman–Crippen LogP) is 1.59. The fourth-order valence-electron chi connectivity index (χ4n) is 2.16. The number of hydrogen-bond donors (Lipinski definition) is 2. The van der Waals surface area contributed by atoms with Crippen LogP contribution in [0.5, 0.6) is 0 Å². The van der Waals surface area contributed by atoms with Crippen molar-refractivity contribution in [3.63, 3.8) is 0 Å². The molecule has 1 unspecified atom stereocenters. The quantitative estimate of drug-likeness (QED) is 0.288. The zero-order valence-electron chi connectivity index (χ0n) is 13.7. The van der Waals surface area contributed by atoms with E-state index in [4.69, 9.17) is 0 Å². The number of hydrogen-bond acceptors (Lipinski definition) is 3. The van der Waals surface area contributed by atoms with Gasteiger partial charge in [0, 0.05) is 58.0 Å². The molecule has 1 atom stereocenters. The van der Waals surface area contributed by atoms with Crippen molar-refractivity contribution >= 4 is 29.9 Å². The summed E-state index contributed by atoms with van der Waals surface area (Å²) in [7, 11) is 1.79. The van der Waals surface area contributed by atoms with Crippen LogP contribution in [0.15, 0.2) is 41.9 Å². The first kappa shape index (κ1) is 19.5. The Kier molecular flexibility index (Phi) is 9.34.